The van der Waals surface area contributed by atoms with Gasteiger partial charge >= 0.3 is 0 Å². The molecule has 10 heteroatoms. The molecule has 1 unspecified atom stereocenters. The summed E-state index contributed by atoms with van der Waals surface area (Å²) in [6.07, 6.45) is 9.66. The summed E-state index contributed by atoms with van der Waals surface area (Å²) in [6, 6.07) is 12.4. The van der Waals surface area contributed by atoms with Gasteiger partial charge in [0, 0.05) is 37.3 Å². The quantitative estimate of drug-likeness (QED) is 0.550. The van der Waals surface area contributed by atoms with E-state index in [1.54, 1.807) is 10.7 Å². The van der Waals surface area contributed by atoms with Crippen molar-refractivity contribution >= 4 is 21.6 Å². The van der Waals surface area contributed by atoms with E-state index in [2.05, 4.69) is 55.0 Å². The van der Waals surface area contributed by atoms with Gasteiger partial charge in [0.05, 0.1) is 19.0 Å². The van der Waals surface area contributed by atoms with Crippen LogP contribution in [0.2, 0.25) is 0 Å². The van der Waals surface area contributed by atoms with Crippen LogP contribution in [0, 0.1) is 5.92 Å². The lowest BCUT2D eigenvalue weighted by Crippen LogP contribution is -2.53. The van der Waals surface area contributed by atoms with Crippen molar-refractivity contribution in [2.45, 2.75) is 50.2 Å². The highest BCUT2D eigenvalue weighted by Crippen LogP contribution is 2.34. The van der Waals surface area contributed by atoms with Crippen LogP contribution in [-0.2, 0) is 14.8 Å². The molecule has 0 bridgehead atoms. The van der Waals surface area contributed by atoms with Crippen LogP contribution in [0.25, 0.3) is 5.65 Å². The van der Waals surface area contributed by atoms with Gasteiger partial charge in [0.1, 0.15) is 6.33 Å². The maximum atomic E-state index is 12.0. The Kier molecular flexibility index (Phi) is 6.80. The molecule has 2 atom stereocenters. The summed E-state index contributed by atoms with van der Waals surface area (Å²) in [5.74, 6) is 1.33. The Balaban J connectivity index is 1.24. The number of nitrogens with zero attached hydrogens (tertiary/aromatic N) is 5. The number of fused-ring (bicyclic) bond motifs is 1. The van der Waals surface area contributed by atoms with Gasteiger partial charge in [-0.1, -0.05) is 30.3 Å². The highest BCUT2D eigenvalue weighted by Gasteiger charge is 2.34. The molecule has 0 amide bonds. The predicted octanol–water partition coefficient (Wildman–Crippen LogP) is 2.61. The van der Waals surface area contributed by atoms with Crippen LogP contribution in [0.4, 0.5) is 5.95 Å². The maximum absolute atomic E-state index is 12.0. The van der Waals surface area contributed by atoms with Gasteiger partial charge in [-0.15, -0.1) is 0 Å². The normalized spacial score (nSPS) is 26.1. The van der Waals surface area contributed by atoms with Crippen LogP contribution >= 0.6 is 0 Å². The summed E-state index contributed by atoms with van der Waals surface area (Å²) in [6.45, 7) is 1.83. The smallest absolute Gasteiger partial charge is 0.228 e. The van der Waals surface area contributed by atoms with Gasteiger partial charge in [-0.3, -0.25) is 0 Å². The van der Waals surface area contributed by atoms with Crippen LogP contribution in [0.3, 0.4) is 0 Å². The second-order valence-electron chi connectivity index (χ2n) is 9.48. The predicted molar refractivity (Wildman–Crippen MR) is 130 cm³/mol. The minimum absolute atomic E-state index is 0.0101. The van der Waals surface area contributed by atoms with E-state index in [1.165, 1.54) is 18.1 Å². The first-order valence-electron chi connectivity index (χ1n) is 12.0. The molecule has 1 aromatic carbocycles. The van der Waals surface area contributed by atoms with Crippen molar-refractivity contribution in [1.29, 1.82) is 0 Å². The zero-order chi connectivity index (χ0) is 23.5. The number of aromatic nitrogens is 4. The molecule has 3 heterocycles. The number of nitrogens with one attached hydrogen (secondary N) is 1. The molecule has 1 aliphatic carbocycles. The van der Waals surface area contributed by atoms with Crippen LogP contribution < -0.4 is 9.62 Å². The van der Waals surface area contributed by atoms with Gasteiger partial charge in [-0.05, 0) is 43.6 Å². The number of hydrogen-bond donors (Lipinski definition) is 1. The molecule has 0 spiro atoms. The lowest BCUT2D eigenvalue weighted by Gasteiger charge is -2.39. The average molecular weight is 485 g/mol. The molecule has 0 radical (unpaired) electrons. The minimum atomic E-state index is -3.31. The van der Waals surface area contributed by atoms with E-state index in [0.29, 0.717) is 32.0 Å². The van der Waals surface area contributed by atoms with Gasteiger partial charge < -0.3 is 9.64 Å². The number of piperidine rings is 1. The number of hydrogen-bond acceptors (Lipinski definition) is 7. The Morgan fingerprint density at radius 3 is 2.62 bits per heavy atom. The summed E-state index contributed by atoms with van der Waals surface area (Å²) in [7, 11) is -3.31. The molecule has 5 rings (SSSR count). The molecule has 2 aromatic heterocycles. The van der Waals surface area contributed by atoms with Crippen LogP contribution in [-0.4, -0.2) is 66.1 Å². The molecule has 1 saturated heterocycles. The van der Waals surface area contributed by atoms with E-state index in [0.717, 1.165) is 37.3 Å². The number of ether oxygens (including phenoxy) is 1. The highest BCUT2D eigenvalue weighted by molar-refractivity contribution is 7.88. The molecule has 1 aliphatic heterocycles. The number of sulfonamides is 1. The van der Waals surface area contributed by atoms with Crippen molar-refractivity contribution in [3.63, 3.8) is 0 Å². The number of benzene rings is 1. The Morgan fingerprint density at radius 1 is 1.06 bits per heavy atom. The SMILES string of the molecule is CS(=O)(=O)N[C@H]1CCN(c2nccc3ncnn23)CC1COC1CCC(c2ccccc2)CC1. The van der Waals surface area contributed by atoms with Crippen molar-refractivity contribution in [3.8, 4) is 0 Å². The first kappa shape index (κ1) is 23.2. The Hall–Kier alpha value is -2.56. The number of rotatable bonds is 7. The molecule has 2 aliphatic rings. The molecule has 2 fully saturated rings. The molecule has 34 heavy (non-hydrogen) atoms. The van der Waals surface area contributed by atoms with E-state index >= 15 is 0 Å². The molecule has 182 valence electrons. The third kappa shape index (κ3) is 5.39. The fraction of sp³-hybridized carbons (Fsp3) is 0.542. The van der Waals surface area contributed by atoms with Crippen molar-refractivity contribution in [2.75, 3.05) is 30.9 Å². The lowest BCUT2D eigenvalue weighted by atomic mass is 9.82. The minimum Gasteiger partial charge on any atom is -0.378 e. The van der Waals surface area contributed by atoms with Crippen LogP contribution in [0.15, 0.2) is 48.9 Å². The van der Waals surface area contributed by atoms with E-state index < -0.39 is 10.0 Å². The monoisotopic (exact) mass is 484 g/mol. The molecule has 1 saturated carbocycles. The molecular weight excluding hydrogens is 452 g/mol. The van der Waals surface area contributed by atoms with Gasteiger partial charge in [-0.2, -0.15) is 9.61 Å². The third-order valence-electron chi connectivity index (χ3n) is 7.05. The molecule has 1 N–H and O–H groups in total. The Bertz CT molecular complexity index is 1190. The van der Waals surface area contributed by atoms with E-state index in [1.807, 2.05) is 6.07 Å². The third-order valence-corrected chi connectivity index (χ3v) is 7.78. The topological polar surface area (TPSA) is 102 Å². The second-order valence-corrected chi connectivity index (χ2v) is 11.3. The lowest BCUT2D eigenvalue weighted by molar-refractivity contribution is -0.00219. The second kappa shape index (κ2) is 9.97. The van der Waals surface area contributed by atoms with Gasteiger partial charge in [-0.25, -0.2) is 23.1 Å². The summed E-state index contributed by atoms with van der Waals surface area (Å²) in [5, 5.41) is 4.31. The fourth-order valence-electron chi connectivity index (χ4n) is 5.32. The largest absolute Gasteiger partial charge is 0.378 e. The zero-order valence-electron chi connectivity index (χ0n) is 19.5. The van der Waals surface area contributed by atoms with Crippen molar-refractivity contribution in [1.82, 2.24) is 24.3 Å². The first-order chi connectivity index (χ1) is 16.5. The van der Waals surface area contributed by atoms with Crippen LogP contribution in [0.1, 0.15) is 43.6 Å². The van der Waals surface area contributed by atoms with Gasteiger partial charge in [0.2, 0.25) is 16.0 Å². The van der Waals surface area contributed by atoms with Crippen molar-refractivity contribution < 1.29 is 13.2 Å². The average Bonchev–Trinajstić information content (AvgIpc) is 3.33. The first-order valence-corrected chi connectivity index (χ1v) is 13.9. The van der Waals surface area contributed by atoms with Crippen molar-refractivity contribution in [2.24, 2.45) is 5.92 Å². The Morgan fingerprint density at radius 2 is 1.85 bits per heavy atom. The molecule has 9 nitrogen and oxygen atoms in total. The fourth-order valence-corrected chi connectivity index (χ4v) is 6.18. The van der Waals surface area contributed by atoms with E-state index in [9.17, 15) is 8.42 Å². The summed E-state index contributed by atoms with van der Waals surface area (Å²) in [5.41, 5.74) is 2.15. The van der Waals surface area contributed by atoms with Crippen molar-refractivity contribution in [3.05, 3.63) is 54.5 Å². The summed E-state index contributed by atoms with van der Waals surface area (Å²) >= 11 is 0. The van der Waals surface area contributed by atoms with Crippen LogP contribution in [0.5, 0.6) is 0 Å². The zero-order valence-corrected chi connectivity index (χ0v) is 20.3. The summed E-state index contributed by atoms with van der Waals surface area (Å²) < 4.78 is 35.0. The van der Waals surface area contributed by atoms with E-state index in [4.69, 9.17) is 4.74 Å². The van der Waals surface area contributed by atoms with Gasteiger partial charge in [0.15, 0.2) is 5.65 Å². The number of anilines is 1. The maximum Gasteiger partial charge on any atom is 0.228 e. The Labute approximate surface area is 200 Å². The molecule has 3 aromatic rings. The molecular formula is C24H32N6O3S. The van der Waals surface area contributed by atoms with Gasteiger partial charge in [0.25, 0.3) is 0 Å². The summed E-state index contributed by atoms with van der Waals surface area (Å²) in [4.78, 5) is 10.9. The standard InChI is InChI=1S/C24H32N6O3S/c1-34(31,32)28-22-12-14-29(24-25-13-11-23-26-17-27-30(23)24)15-20(22)16-33-21-9-7-19(8-10-21)18-5-3-2-4-6-18/h2-6,11,13,17,19-22,28H,7-10,12,14-16H2,1H3/t19?,20?,21?,22-/m0/s1. The highest BCUT2D eigenvalue weighted by atomic mass is 32.2. The van der Waals surface area contributed by atoms with E-state index in [-0.39, 0.29) is 18.1 Å².